The zero-order valence-electron chi connectivity index (χ0n) is 11.3. The molecule has 2 aromatic rings. The molecule has 1 N–H and O–H groups in total. The molecule has 0 saturated heterocycles. The van der Waals surface area contributed by atoms with E-state index >= 15 is 0 Å². The number of nitrogens with one attached hydrogen (secondary N) is 1. The molecule has 0 spiro atoms. The number of fused-ring (bicyclic) bond motifs is 1. The number of benzene rings is 2. The Kier molecular flexibility index (Phi) is 3.64. The maximum absolute atomic E-state index is 11.9. The van der Waals surface area contributed by atoms with Crippen molar-refractivity contribution in [2.24, 2.45) is 0 Å². The molecule has 2 aromatic carbocycles. The SMILES string of the molecule is O=C(/C=C/c1ccccc1)Nc1ccc2c(c1)CCC2. The third-order valence-corrected chi connectivity index (χ3v) is 3.59. The molecule has 3 rings (SSSR count). The Bertz CT molecular complexity index is 644. The lowest BCUT2D eigenvalue weighted by Crippen LogP contribution is -2.07. The van der Waals surface area contributed by atoms with Crippen LogP contribution in [0.3, 0.4) is 0 Å². The van der Waals surface area contributed by atoms with Gasteiger partial charge in [-0.25, -0.2) is 0 Å². The normalized spacial score (nSPS) is 13.4. The Morgan fingerprint density at radius 2 is 1.80 bits per heavy atom. The molecule has 0 heterocycles. The summed E-state index contributed by atoms with van der Waals surface area (Å²) in [4.78, 5) is 11.9. The van der Waals surface area contributed by atoms with Crippen LogP contribution >= 0.6 is 0 Å². The minimum absolute atomic E-state index is 0.0909. The van der Waals surface area contributed by atoms with E-state index in [4.69, 9.17) is 0 Å². The molecular weight excluding hydrogens is 246 g/mol. The molecule has 1 aliphatic carbocycles. The van der Waals surface area contributed by atoms with Gasteiger partial charge in [0.05, 0.1) is 0 Å². The fourth-order valence-corrected chi connectivity index (χ4v) is 2.57. The lowest BCUT2D eigenvalue weighted by Gasteiger charge is -2.05. The molecule has 0 atom stereocenters. The molecular formula is C18H17NO. The highest BCUT2D eigenvalue weighted by Crippen LogP contribution is 2.24. The van der Waals surface area contributed by atoms with Gasteiger partial charge in [-0.15, -0.1) is 0 Å². The number of hydrogen-bond donors (Lipinski definition) is 1. The lowest BCUT2D eigenvalue weighted by molar-refractivity contribution is -0.111. The fourth-order valence-electron chi connectivity index (χ4n) is 2.57. The number of hydrogen-bond acceptors (Lipinski definition) is 1. The van der Waals surface area contributed by atoms with Gasteiger partial charge in [-0.05, 0) is 54.2 Å². The smallest absolute Gasteiger partial charge is 0.248 e. The lowest BCUT2D eigenvalue weighted by atomic mass is 10.1. The van der Waals surface area contributed by atoms with Crippen LogP contribution < -0.4 is 5.32 Å². The largest absolute Gasteiger partial charge is 0.323 e. The van der Waals surface area contributed by atoms with Crippen LogP contribution in [0.15, 0.2) is 54.6 Å². The van der Waals surface area contributed by atoms with Gasteiger partial charge in [0.1, 0.15) is 0 Å². The molecule has 100 valence electrons. The van der Waals surface area contributed by atoms with Crippen LogP contribution in [0.5, 0.6) is 0 Å². The van der Waals surface area contributed by atoms with Gasteiger partial charge in [-0.2, -0.15) is 0 Å². The van der Waals surface area contributed by atoms with Crippen LogP contribution in [0.25, 0.3) is 6.08 Å². The third kappa shape index (κ3) is 2.97. The molecule has 0 aromatic heterocycles. The molecule has 2 heteroatoms. The van der Waals surface area contributed by atoms with Crippen molar-refractivity contribution in [1.29, 1.82) is 0 Å². The molecule has 0 saturated carbocycles. The van der Waals surface area contributed by atoms with Gasteiger partial charge in [-0.3, -0.25) is 4.79 Å². The van der Waals surface area contributed by atoms with Gasteiger partial charge < -0.3 is 5.32 Å². The highest BCUT2D eigenvalue weighted by molar-refractivity contribution is 6.02. The van der Waals surface area contributed by atoms with Gasteiger partial charge in [0.2, 0.25) is 5.91 Å². The number of anilines is 1. The van der Waals surface area contributed by atoms with Crippen molar-refractivity contribution < 1.29 is 4.79 Å². The standard InChI is InChI=1S/C18H17NO/c20-18(12-9-14-5-2-1-3-6-14)19-17-11-10-15-7-4-8-16(15)13-17/h1-3,5-6,9-13H,4,7-8H2,(H,19,20)/b12-9+. The monoisotopic (exact) mass is 263 g/mol. The molecule has 1 amide bonds. The van der Waals surface area contributed by atoms with Crippen molar-refractivity contribution in [2.75, 3.05) is 5.32 Å². The molecule has 0 unspecified atom stereocenters. The molecule has 0 aliphatic heterocycles. The Hall–Kier alpha value is -2.35. The summed E-state index contributed by atoms with van der Waals surface area (Å²) < 4.78 is 0. The average Bonchev–Trinajstić information content (AvgIpc) is 2.94. The van der Waals surface area contributed by atoms with E-state index < -0.39 is 0 Å². The van der Waals surface area contributed by atoms with E-state index in [1.54, 1.807) is 6.08 Å². The second-order valence-electron chi connectivity index (χ2n) is 5.07. The van der Waals surface area contributed by atoms with E-state index in [9.17, 15) is 4.79 Å². The van der Waals surface area contributed by atoms with Crippen molar-refractivity contribution in [1.82, 2.24) is 0 Å². The summed E-state index contributed by atoms with van der Waals surface area (Å²) in [5.41, 5.74) is 4.70. The quantitative estimate of drug-likeness (QED) is 0.838. The van der Waals surface area contributed by atoms with Gasteiger partial charge in [0.25, 0.3) is 0 Å². The van der Waals surface area contributed by atoms with Crippen molar-refractivity contribution in [2.45, 2.75) is 19.3 Å². The van der Waals surface area contributed by atoms with E-state index in [0.717, 1.165) is 24.1 Å². The Balaban J connectivity index is 1.66. The van der Waals surface area contributed by atoms with Crippen LogP contribution in [-0.2, 0) is 17.6 Å². The molecule has 1 aliphatic rings. The van der Waals surface area contributed by atoms with Gasteiger partial charge in [0.15, 0.2) is 0 Å². The Morgan fingerprint density at radius 1 is 1.00 bits per heavy atom. The zero-order chi connectivity index (χ0) is 13.8. The van der Waals surface area contributed by atoms with Crippen LogP contribution in [0.1, 0.15) is 23.1 Å². The first kappa shape index (κ1) is 12.7. The van der Waals surface area contributed by atoms with Crippen molar-refractivity contribution in [3.63, 3.8) is 0 Å². The summed E-state index contributed by atoms with van der Waals surface area (Å²) in [6.45, 7) is 0. The summed E-state index contributed by atoms with van der Waals surface area (Å²) in [5.74, 6) is -0.0909. The first-order valence-electron chi connectivity index (χ1n) is 6.97. The zero-order valence-corrected chi connectivity index (χ0v) is 11.3. The van der Waals surface area contributed by atoms with Crippen LogP contribution in [0.4, 0.5) is 5.69 Å². The van der Waals surface area contributed by atoms with E-state index in [-0.39, 0.29) is 5.91 Å². The van der Waals surface area contributed by atoms with Gasteiger partial charge >= 0.3 is 0 Å². The molecule has 20 heavy (non-hydrogen) atoms. The average molecular weight is 263 g/mol. The predicted octanol–water partition coefficient (Wildman–Crippen LogP) is 3.83. The summed E-state index contributed by atoms with van der Waals surface area (Å²) in [7, 11) is 0. The summed E-state index contributed by atoms with van der Waals surface area (Å²) >= 11 is 0. The molecule has 0 radical (unpaired) electrons. The minimum atomic E-state index is -0.0909. The van der Waals surface area contributed by atoms with E-state index in [2.05, 4.69) is 17.4 Å². The van der Waals surface area contributed by atoms with Crippen molar-refractivity contribution >= 4 is 17.7 Å². The fraction of sp³-hybridized carbons (Fsp3) is 0.167. The number of carbonyl (C=O) groups excluding carboxylic acids is 1. The van der Waals surface area contributed by atoms with E-state index in [1.807, 2.05) is 42.5 Å². The minimum Gasteiger partial charge on any atom is -0.323 e. The van der Waals surface area contributed by atoms with Crippen LogP contribution in [0.2, 0.25) is 0 Å². The molecule has 0 bridgehead atoms. The number of amides is 1. The molecule has 0 fully saturated rings. The van der Waals surface area contributed by atoms with Crippen LogP contribution in [0, 0.1) is 0 Å². The maximum Gasteiger partial charge on any atom is 0.248 e. The topological polar surface area (TPSA) is 29.1 Å². The van der Waals surface area contributed by atoms with Crippen LogP contribution in [-0.4, -0.2) is 5.91 Å². The van der Waals surface area contributed by atoms with Crippen molar-refractivity contribution in [3.05, 3.63) is 71.3 Å². The number of rotatable bonds is 3. The molecule has 2 nitrogen and oxygen atoms in total. The second-order valence-corrected chi connectivity index (χ2v) is 5.07. The maximum atomic E-state index is 11.9. The Labute approximate surface area is 119 Å². The first-order valence-corrected chi connectivity index (χ1v) is 6.97. The summed E-state index contributed by atoms with van der Waals surface area (Å²) in [5, 5.41) is 2.92. The highest BCUT2D eigenvalue weighted by Gasteiger charge is 2.11. The first-order chi connectivity index (χ1) is 9.81. The van der Waals surface area contributed by atoms with E-state index in [1.165, 1.54) is 17.5 Å². The third-order valence-electron chi connectivity index (χ3n) is 3.59. The van der Waals surface area contributed by atoms with Gasteiger partial charge in [0, 0.05) is 11.8 Å². The second kappa shape index (κ2) is 5.74. The number of aryl methyl sites for hydroxylation is 2. The summed E-state index contributed by atoms with van der Waals surface area (Å²) in [6.07, 6.45) is 6.91. The van der Waals surface area contributed by atoms with E-state index in [0.29, 0.717) is 0 Å². The Morgan fingerprint density at radius 3 is 2.65 bits per heavy atom. The number of carbonyl (C=O) groups is 1. The highest BCUT2D eigenvalue weighted by atomic mass is 16.1. The summed E-state index contributed by atoms with van der Waals surface area (Å²) in [6, 6.07) is 16.0. The predicted molar refractivity (Wildman–Crippen MR) is 82.6 cm³/mol. The van der Waals surface area contributed by atoms with Gasteiger partial charge in [-0.1, -0.05) is 36.4 Å². The van der Waals surface area contributed by atoms with Crippen molar-refractivity contribution in [3.8, 4) is 0 Å².